The lowest BCUT2D eigenvalue weighted by atomic mass is 9.53. The van der Waals surface area contributed by atoms with Gasteiger partial charge in [-0.15, -0.1) is 5.73 Å². The van der Waals surface area contributed by atoms with Crippen LogP contribution >= 0.6 is 0 Å². The van der Waals surface area contributed by atoms with Crippen LogP contribution in [0.3, 0.4) is 0 Å². The van der Waals surface area contributed by atoms with E-state index in [1.807, 2.05) is 0 Å². The first-order valence-electron chi connectivity index (χ1n) is 11.1. The average molecular weight is 445 g/mol. The highest BCUT2D eigenvalue weighted by Crippen LogP contribution is 2.57. The van der Waals surface area contributed by atoms with Gasteiger partial charge in [-0.25, -0.2) is 4.79 Å². The first-order chi connectivity index (χ1) is 15.2. The third kappa shape index (κ3) is 3.99. The minimum absolute atomic E-state index is 0.0264. The summed E-state index contributed by atoms with van der Waals surface area (Å²) in [6.45, 7) is 0. The molecule has 32 heavy (non-hydrogen) atoms. The quantitative estimate of drug-likeness (QED) is 0.450. The summed E-state index contributed by atoms with van der Waals surface area (Å²) >= 11 is 0. The Balaban J connectivity index is 1.49. The smallest absolute Gasteiger partial charge is 0.412 e. The van der Waals surface area contributed by atoms with E-state index in [1.165, 1.54) is 49.9 Å². The van der Waals surface area contributed by atoms with Gasteiger partial charge in [0, 0.05) is 23.5 Å². The average Bonchev–Trinajstić information content (AvgIpc) is 2.71. The van der Waals surface area contributed by atoms with Crippen LogP contribution in [-0.2, 0) is 0 Å². The van der Waals surface area contributed by atoms with E-state index < -0.39 is 18.2 Å². The molecule has 170 valence electrons. The van der Waals surface area contributed by atoms with Crippen LogP contribution in [0.15, 0.2) is 48.0 Å². The lowest BCUT2D eigenvalue weighted by Crippen LogP contribution is -2.54. The van der Waals surface area contributed by atoms with Crippen LogP contribution in [0.25, 0.3) is 0 Å². The second-order valence-corrected chi connectivity index (χ2v) is 9.77. The van der Waals surface area contributed by atoms with Crippen molar-refractivity contribution in [2.75, 3.05) is 10.6 Å². The molecule has 1 aromatic carbocycles. The number of benzene rings is 1. The molecule has 8 heteroatoms. The molecule has 0 aromatic heterocycles. The Hall–Kier alpha value is -2.86. The number of carboxylic acids is 1. The van der Waals surface area contributed by atoms with Gasteiger partial charge in [-0.3, -0.25) is 0 Å². The maximum atomic E-state index is 14.0. The number of anilines is 2. The van der Waals surface area contributed by atoms with E-state index in [0.29, 0.717) is 23.4 Å². The lowest BCUT2D eigenvalue weighted by molar-refractivity contribution is -0.134. The van der Waals surface area contributed by atoms with E-state index in [-0.39, 0.29) is 22.4 Å². The van der Waals surface area contributed by atoms with Crippen LogP contribution in [0.5, 0.6) is 0 Å². The van der Waals surface area contributed by atoms with Gasteiger partial charge in [0.1, 0.15) is 0 Å². The van der Waals surface area contributed by atoms with Gasteiger partial charge in [-0.2, -0.15) is 13.2 Å². The molecule has 5 aliphatic rings. The van der Waals surface area contributed by atoms with E-state index in [2.05, 4.69) is 21.7 Å². The first-order valence-corrected chi connectivity index (χ1v) is 11.1. The SMILES string of the molecule is O=C(O)c1ccc(NC23CC4CC(CC(C4)C2)C3)c(NC(C2=CNC=C=C2)C(F)(F)F)c1. The molecule has 1 heterocycles. The van der Waals surface area contributed by atoms with Gasteiger partial charge < -0.3 is 21.1 Å². The van der Waals surface area contributed by atoms with Crippen LogP contribution in [0, 0.1) is 17.8 Å². The predicted octanol–water partition coefficient (Wildman–Crippen LogP) is 5.26. The maximum absolute atomic E-state index is 14.0. The van der Waals surface area contributed by atoms with Crippen molar-refractivity contribution in [3.8, 4) is 0 Å². The molecule has 4 aliphatic carbocycles. The molecular formula is C24H26F3N3O2. The number of hydrogen-bond acceptors (Lipinski definition) is 4. The van der Waals surface area contributed by atoms with Crippen LogP contribution in [-0.4, -0.2) is 28.8 Å². The van der Waals surface area contributed by atoms with Crippen molar-refractivity contribution >= 4 is 17.3 Å². The zero-order chi connectivity index (χ0) is 22.5. The van der Waals surface area contributed by atoms with E-state index in [1.54, 1.807) is 6.07 Å². The van der Waals surface area contributed by atoms with Gasteiger partial charge in [0.25, 0.3) is 0 Å². The Bertz CT molecular complexity index is 989. The van der Waals surface area contributed by atoms with Crippen LogP contribution in [0.1, 0.15) is 48.9 Å². The molecule has 4 N–H and O–H groups in total. The van der Waals surface area contributed by atoms with Gasteiger partial charge >= 0.3 is 12.1 Å². The summed E-state index contributed by atoms with van der Waals surface area (Å²) in [6, 6.07) is 2.34. The van der Waals surface area contributed by atoms with Gasteiger partial charge in [0.2, 0.25) is 0 Å². The number of rotatable bonds is 6. The number of carbonyl (C=O) groups is 1. The molecular weight excluding hydrogens is 419 g/mol. The molecule has 0 radical (unpaired) electrons. The number of aromatic carboxylic acids is 1. The number of carboxylic acid groups (broad SMARTS) is 1. The zero-order valence-electron chi connectivity index (χ0n) is 17.5. The lowest BCUT2D eigenvalue weighted by Gasteiger charge is -2.57. The molecule has 0 amide bonds. The van der Waals surface area contributed by atoms with Crippen LogP contribution < -0.4 is 16.0 Å². The van der Waals surface area contributed by atoms with E-state index in [4.69, 9.17) is 0 Å². The first kappa shape index (κ1) is 21.0. The topological polar surface area (TPSA) is 73.4 Å². The number of halogens is 3. The van der Waals surface area contributed by atoms with Crippen molar-refractivity contribution in [1.29, 1.82) is 0 Å². The number of alkyl halides is 3. The highest BCUT2D eigenvalue weighted by Gasteiger charge is 2.51. The molecule has 6 rings (SSSR count). The van der Waals surface area contributed by atoms with Crippen molar-refractivity contribution in [1.82, 2.24) is 5.32 Å². The van der Waals surface area contributed by atoms with Crippen molar-refractivity contribution in [3.63, 3.8) is 0 Å². The Morgan fingerprint density at radius 1 is 1.12 bits per heavy atom. The summed E-state index contributed by atoms with van der Waals surface area (Å²) < 4.78 is 41.9. The highest BCUT2D eigenvalue weighted by atomic mass is 19.4. The normalized spacial score (nSPS) is 31.1. The van der Waals surface area contributed by atoms with E-state index in [0.717, 1.165) is 19.3 Å². The molecule has 0 spiro atoms. The molecule has 4 bridgehead atoms. The number of hydrogen-bond donors (Lipinski definition) is 4. The van der Waals surface area contributed by atoms with Gasteiger partial charge in [-0.1, -0.05) is 0 Å². The second-order valence-electron chi connectivity index (χ2n) is 9.77. The minimum atomic E-state index is -4.58. The molecule has 0 saturated heterocycles. The summed E-state index contributed by atoms with van der Waals surface area (Å²) in [7, 11) is 0. The summed E-state index contributed by atoms with van der Waals surface area (Å²) in [6.07, 6.45) is 6.19. The summed E-state index contributed by atoms with van der Waals surface area (Å²) in [5, 5.41) is 18.3. The fraction of sp³-hybridized carbons (Fsp3) is 0.500. The molecule has 5 nitrogen and oxygen atoms in total. The fourth-order valence-corrected chi connectivity index (χ4v) is 6.50. The van der Waals surface area contributed by atoms with E-state index >= 15 is 0 Å². The highest BCUT2D eigenvalue weighted by molar-refractivity contribution is 5.91. The predicted molar refractivity (Wildman–Crippen MR) is 115 cm³/mol. The van der Waals surface area contributed by atoms with Crippen molar-refractivity contribution < 1.29 is 23.1 Å². The fourth-order valence-electron chi connectivity index (χ4n) is 6.50. The molecule has 4 saturated carbocycles. The summed E-state index contributed by atoms with van der Waals surface area (Å²) in [5.41, 5.74) is 3.10. The Morgan fingerprint density at radius 3 is 2.31 bits per heavy atom. The van der Waals surface area contributed by atoms with Gasteiger partial charge in [-0.05, 0) is 80.6 Å². The minimum Gasteiger partial charge on any atom is -0.478 e. The third-order valence-electron chi connectivity index (χ3n) is 7.33. The van der Waals surface area contributed by atoms with E-state index in [9.17, 15) is 23.1 Å². The summed E-state index contributed by atoms with van der Waals surface area (Å²) in [4.78, 5) is 11.5. The second kappa shape index (κ2) is 7.62. The Kier molecular flexibility index (Phi) is 5.01. The molecule has 1 aliphatic heterocycles. The zero-order valence-corrected chi connectivity index (χ0v) is 17.5. The molecule has 1 aromatic rings. The van der Waals surface area contributed by atoms with Crippen molar-refractivity contribution in [3.05, 3.63) is 53.5 Å². The van der Waals surface area contributed by atoms with Crippen LogP contribution in [0.2, 0.25) is 0 Å². The van der Waals surface area contributed by atoms with Gasteiger partial charge in [0.15, 0.2) is 6.04 Å². The Labute approximate surface area is 184 Å². The third-order valence-corrected chi connectivity index (χ3v) is 7.33. The van der Waals surface area contributed by atoms with Crippen LogP contribution in [0.4, 0.5) is 24.5 Å². The Morgan fingerprint density at radius 2 is 1.78 bits per heavy atom. The monoisotopic (exact) mass is 445 g/mol. The standard InChI is InChI=1S/C24H26F3N3O2/c25-24(26,27)21(18-2-1-5-28-13-18)29-20-9-17(22(31)32)3-4-19(20)30-23-10-14-6-15(11-23)8-16(7-14)12-23/h2-5,9,13-16,21,28-30H,6-8,10-12H2,(H,31,32). The van der Waals surface area contributed by atoms with Gasteiger partial charge in [0.05, 0.1) is 16.9 Å². The molecule has 1 atom stereocenters. The largest absolute Gasteiger partial charge is 0.478 e. The summed E-state index contributed by atoms with van der Waals surface area (Å²) in [5.74, 6) is 0.824. The molecule has 1 unspecified atom stereocenters. The molecule has 4 fully saturated rings. The maximum Gasteiger partial charge on any atom is 0.412 e. The van der Waals surface area contributed by atoms with Crippen molar-refractivity contribution in [2.24, 2.45) is 17.8 Å². The number of nitrogens with one attached hydrogen (secondary N) is 3. The van der Waals surface area contributed by atoms with Crippen molar-refractivity contribution in [2.45, 2.75) is 56.3 Å².